The zero-order valence-corrected chi connectivity index (χ0v) is 10.4. The van der Waals surface area contributed by atoms with Gasteiger partial charge in [-0.15, -0.1) is 0 Å². The van der Waals surface area contributed by atoms with Crippen LogP contribution in [0.3, 0.4) is 0 Å². The van der Waals surface area contributed by atoms with Crippen molar-refractivity contribution >= 4 is 0 Å². The first-order valence-corrected chi connectivity index (χ1v) is 6.31. The van der Waals surface area contributed by atoms with Gasteiger partial charge in [0.1, 0.15) is 5.76 Å². The van der Waals surface area contributed by atoms with Crippen molar-refractivity contribution in [2.75, 3.05) is 0 Å². The van der Waals surface area contributed by atoms with Crippen LogP contribution in [0.15, 0.2) is 16.7 Å². The van der Waals surface area contributed by atoms with Gasteiger partial charge in [-0.05, 0) is 31.4 Å². The lowest BCUT2D eigenvalue weighted by atomic mass is 9.84. The van der Waals surface area contributed by atoms with Gasteiger partial charge in [-0.2, -0.15) is 13.2 Å². The van der Waals surface area contributed by atoms with Crippen LogP contribution in [0.1, 0.15) is 37.0 Å². The van der Waals surface area contributed by atoms with Crippen LogP contribution in [0.2, 0.25) is 0 Å². The van der Waals surface area contributed by atoms with Crippen LogP contribution in [-0.4, -0.2) is 12.2 Å². The van der Waals surface area contributed by atoms with Gasteiger partial charge in [0.25, 0.3) is 0 Å². The molecule has 0 radical (unpaired) electrons. The zero-order valence-electron chi connectivity index (χ0n) is 10.4. The third kappa shape index (κ3) is 3.07. The van der Waals surface area contributed by atoms with Crippen molar-refractivity contribution in [2.24, 2.45) is 5.92 Å². The fourth-order valence-corrected chi connectivity index (χ4v) is 2.58. The summed E-state index contributed by atoms with van der Waals surface area (Å²) in [5, 5.41) is 3.01. The van der Waals surface area contributed by atoms with Crippen molar-refractivity contribution in [3.63, 3.8) is 0 Å². The Balaban J connectivity index is 1.96. The highest BCUT2D eigenvalue weighted by molar-refractivity contribution is 5.14. The van der Waals surface area contributed by atoms with Crippen LogP contribution < -0.4 is 5.32 Å². The predicted octanol–water partition coefficient (Wildman–Crippen LogP) is 3.80. The monoisotopic (exact) mass is 261 g/mol. The van der Waals surface area contributed by atoms with Crippen molar-refractivity contribution in [1.82, 2.24) is 5.32 Å². The van der Waals surface area contributed by atoms with E-state index in [9.17, 15) is 13.2 Å². The maximum Gasteiger partial charge on any atom is 0.393 e. The second-order valence-corrected chi connectivity index (χ2v) is 4.95. The van der Waals surface area contributed by atoms with Gasteiger partial charge in [0.2, 0.25) is 0 Å². The van der Waals surface area contributed by atoms with Crippen LogP contribution in [-0.2, 0) is 6.54 Å². The van der Waals surface area contributed by atoms with Gasteiger partial charge >= 0.3 is 6.18 Å². The first-order valence-electron chi connectivity index (χ1n) is 6.31. The molecule has 1 saturated carbocycles. The van der Waals surface area contributed by atoms with Crippen LogP contribution >= 0.6 is 0 Å². The summed E-state index contributed by atoms with van der Waals surface area (Å²) in [5.74, 6) is -0.497. The highest BCUT2D eigenvalue weighted by atomic mass is 19.4. The molecule has 0 amide bonds. The van der Waals surface area contributed by atoms with Gasteiger partial charge in [-0.1, -0.05) is 12.8 Å². The van der Waals surface area contributed by atoms with Crippen LogP contribution in [0.4, 0.5) is 13.2 Å². The smallest absolute Gasteiger partial charge is 0.393 e. The summed E-state index contributed by atoms with van der Waals surface area (Å²) in [6.45, 7) is 2.26. The number of hydrogen-bond acceptors (Lipinski definition) is 2. The number of aryl methyl sites for hydroxylation is 1. The fraction of sp³-hybridized carbons (Fsp3) is 0.692. The Kier molecular flexibility index (Phi) is 4.00. The van der Waals surface area contributed by atoms with E-state index >= 15 is 0 Å². The molecule has 0 aromatic carbocycles. The largest absolute Gasteiger partial charge is 0.468 e. The number of alkyl halides is 3. The normalized spacial score (nSPS) is 25.3. The van der Waals surface area contributed by atoms with Gasteiger partial charge in [0.05, 0.1) is 18.7 Å². The highest BCUT2D eigenvalue weighted by Gasteiger charge is 2.45. The van der Waals surface area contributed by atoms with Gasteiger partial charge in [0.15, 0.2) is 0 Å². The molecule has 0 saturated heterocycles. The Morgan fingerprint density at radius 2 is 2.06 bits per heavy atom. The molecule has 1 aliphatic rings. The average molecular weight is 261 g/mol. The van der Waals surface area contributed by atoms with Crippen molar-refractivity contribution in [2.45, 2.75) is 51.4 Å². The molecule has 1 aromatic rings. The van der Waals surface area contributed by atoms with E-state index in [0.717, 1.165) is 17.7 Å². The molecule has 102 valence electrons. The lowest BCUT2D eigenvalue weighted by Crippen LogP contribution is -2.45. The van der Waals surface area contributed by atoms with Crippen LogP contribution in [0.5, 0.6) is 0 Å². The molecule has 0 aliphatic heterocycles. The summed E-state index contributed by atoms with van der Waals surface area (Å²) in [5.41, 5.74) is 0.974. The SMILES string of the molecule is Cc1ccoc1CNC1CCCCC1C(F)(F)F. The van der Waals surface area contributed by atoms with E-state index in [0.29, 0.717) is 19.4 Å². The molecule has 1 aliphatic carbocycles. The molecule has 2 rings (SSSR count). The lowest BCUT2D eigenvalue weighted by molar-refractivity contribution is -0.189. The van der Waals surface area contributed by atoms with E-state index in [1.807, 2.05) is 13.0 Å². The van der Waals surface area contributed by atoms with E-state index in [-0.39, 0.29) is 6.42 Å². The summed E-state index contributed by atoms with van der Waals surface area (Å²) in [6.07, 6.45) is -0.184. The van der Waals surface area contributed by atoms with Crippen LogP contribution in [0, 0.1) is 12.8 Å². The maximum absolute atomic E-state index is 12.9. The fourth-order valence-electron chi connectivity index (χ4n) is 2.58. The minimum Gasteiger partial charge on any atom is -0.468 e. The number of hydrogen-bond donors (Lipinski definition) is 1. The molecule has 1 aromatic heterocycles. The second-order valence-electron chi connectivity index (χ2n) is 4.95. The molecule has 1 heterocycles. The lowest BCUT2D eigenvalue weighted by Gasteiger charge is -2.33. The zero-order chi connectivity index (χ0) is 13.2. The Morgan fingerprint density at radius 3 is 2.67 bits per heavy atom. The molecule has 2 atom stereocenters. The predicted molar refractivity (Wildman–Crippen MR) is 62.1 cm³/mol. The number of furan rings is 1. The minimum atomic E-state index is -4.10. The Bertz CT molecular complexity index is 386. The number of nitrogens with one attached hydrogen (secondary N) is 1. The van der Waals surface area contributed by atoms with Crippen LogP contribution in [0.25, 0.3) is 0 Å². The molecule has 0 spiro atoms. The van der Waals surface area contributed by atoms with E-state index < -0.39 is 18.1 Å². The summed E-state index contributed by atoms with van der Waals surface area (Å²) in [6, 6.07) is 1.34. The summed E-state index contributed by atoms with van der Waals surface area (Å²) in [4.78, 5) is 0. The van der Waals surface area contributed by atoms with E-state index in [1.165, 1.54) is 0 Å². The first-order chi connectivity index (χ1) is 8.48. The van der Waals surface area contributed by atoms with Crippen molar-refractivity contribution in [3.05, 3.63) is 23.7 Å². The molecule has 1 fully saturated rings. The van der Waals surface area contributed by atoms with Gasteiger partial charge < -0.3 is 9.73 Å². The van der Waals surface area contributed by atoms with Gasteiger partial charge in [-0.25, -0.2) is 0 Å². The van der Waals surface area contributed by atoms with E-state index in [2.05, 4.69) is 5.32 Å². The van der Waals surface area contributed by atoms with Gasteiger partial charge in [-0.3, -0.25) is 0 Å². The quantitative estimate of drug-likeness (QED) is 0.895. The Labute approximate surface area is 105 Å². The molecule has 0 bridgehead atoms. The maximum atomic E-state index is 12.9. The third-order valence-electron chi connectivity index (χ3n) is 3.68. The molecule has 2 unspecified atom stereocenters. The average Bonchev–Trinajstić information content (AvgIpc) is 2.71. The van der Waals surface area contributed by atoms with Crippen molar-refractivity contribution < 1.29 is 17.6 Å². The van der Waals surface area contributed by atoms with Crippen molar-refractivity contribution in [1.29, 1.82) is 0 Å². The summed E-state index contributed by atoms with van der Waals surface area (Å²) >= 11 is 0. The van der Waals surface area contributed by atoms with Crippen molar-refractivity contribution in [3.8, 4) is 0 Å². The molecular formula is C13H18F3NO. The molecule has 18 heavy (non-hydrogen) atoms. The van der Waals surface area contributed by atoms with E-state index in [1.54, 1.807) is 6.26 Å². The number of rotatable bonds is 3. The molecule has 2 nitrogen and oxygen atoms in total. The Hall–Kier alpha value is -0.970. The number of halogens is 3. The van der Waals surface area contributed by atoms with Gasteiger partial charge in [0, 0.05) is 6.04 Å². The highest BCUT2D eigenvalue weighted by Crippen LogP contribution is 2.37. The van der Waals surface area contributed by atoms with E-state index in [4.69, 9.17) is 4.42 Å². The first kappa shape index (κ1) is 13.5. The topological polar surface area (TPSA) is 25.2 Å². The second kappa shape index (κ2) is 5.34. The Morgan fingerprint density at radius 1 is 1.33 bits per heavy atom. The standard InChI is InChI=1S/C13H18F3NO/c1-9-6-7-18-12(9)8-17-11-5-3-2-4-10(11)13(14,15)16/h6-7,10-11,17H,2-5,8H2,1H3. The summed E-state index contributed by atoms with van der Waals surface area (Å²) in [7, 11) is 0. The molecular weight excluding hydrogens is 243 g/mol. The minimum absolute atomic E-state index is 0.234. The third-order valence-corrected chi connectivity index (χ3v) is 3.68. The molecule has 5 heteroatoms. The molecule has 1 N–H and O–H groups in total. The summed E-state index contributed by atoms with van der Waals surface area (Å²) < 4.78 is 43.9.